The average Bonchev–Trinajstić information content (AvgIpc) is 2.49. The van der Waals surface area contributed by atoms with Gasteiger partial charge in [0.2, 0.25) is 5.91 Å². The smallest absolute Gasteiger partial charge is 0.352 e. The molecule has 1 aliphatic heterocycles. The van der Waals surface area contributed by atoms with Crippen LogP contribution in [0.5, 0.6) is 0 Å². The summed E-state index contributed by atoms with van der Waals surface area (Å²) in [5, 5.41) is 6.30. The maximum absolute atomic E-state index is 12.5. The quantitative estimate of drug-likeness (QED) is 0.892. The van der Waals surface area contributed by atoms with Gasteiger partial charge in [-0.25, -0.2) is 0 Å². The Morgan fingerprint density at radius 2 is 2.00 bits per heavy atom. The highest BCUT2D eigenvalue weighted by Gasteiger charge is 2.30. The minimum absolute atomic E-state index is 0.0505. The SMILES string of the molecule is CC(Cc1ccc(C(F)(F)F)cc1)C(=O)NC1CNCCC1C. The fraction of sp³-hybridized carbons (Fsp3) is 0.588. The van der Waals surface area contributed by atoms with Gasteiger partial charge in [-0.2, -0.15) is 13.2 Å². The molecule has 3 unspecified atom stereocenters. The Balaban J connectivity index is 1.90. The first-order chi connectivity index (χ1) is 10.8. The Morgan fingerprint density at radius 3 is 2.57 bits per heavy atom. The maximum atomic E-state index is 12.5. The molecule has 6 heteroatoms. The summed E-state index contributed by atoms with van der Waals surface area (Å²) >= 11 is 0. The zero-order chi connectivity index (χ0) is 17.0. The van der Waals surface area contributed by atoms with Crippen LogP contribution in [0.1, 0.15) is 31.4 Å². The first-order valence-corrected chi connectivity index (χ1v) is 7.94. The number of amides is 1. The highest BCUT2D eigenvalue weighted by atomic mass is 19.4. The Bertz CT molecular complexity index is 528. The van der Waals surface area contributed by atoms with Crippen molar-refractivity contribution < 1.29 is 18.0 Å². The summed E-state index contributed by atoms with van der Waals surface area (Å²) in [6, 6.07) is 5.13. The number of alkyl halides is 3. The number of carbonyl (C=O) groups is 1. The number of nitrogens with one attached hydrogen (secondary N) is 2. The Hall–Kier alpha value is -1.56. The second-order valence-electron chi connectivity index (χ2n) is 6.39. The van der Waals surface area contributed by atoms with Crippen LogP contribution in [0.4, 0.5) is 13.2 Å². The van der Waals surface area contributed by atoms with E-state index in [4.69, 9.17) is 0 Å². The van der Waals surface area contributed by atoms with Gasteiger partial charge in [0.15, 0.2) is 0 Å². The van der Waals surface area contributed by atoms with Crippen LogP contribution in [-0.2, 0) is 17.4 Å². The van der Waals surface area contributed by atoms with Crippen molar-refractivity contribution >= 4 is 5.91 Å². The lowest BCUT2D eigenvalue weighted by molar-refractivity contribution is -0.137. The third-order valence-electron chi connectivity index (χ3n) is 4.43. The van der Waals surface area contributed by atoms with Gasteiger partial charge >= 0.3 is 6.18 Å². The highest BCUT2D eigenvalue weighted by molar-refractivity contribution is 5.79. The Morgan fingerprint density at radius 1 is 1.35 bits per heavy atom. The van der Waals surface area contributed by atoms with Crippen molar-refractivity contribution in [3.05, 3.63) is 35.4 Å². The molecule has 2 rings (SSSR count). The van der Waals surface area contributed by atoms with Crippen molar-refractivity contribution in [2.24, 2.45) is 11.8 Å². The van der Waals surface area contributed by atoms with E-state index in [1.807, 2.05) is 0 Å². The summed E-state index contributed by atoms with van der Waals surface area (Å²) < 4.78 is 37.6. The number of carbonyl (C=O) groups excluding carboxylic acids is 1. The molecular weight excluding hydrogens is 305 g/mol. The summed E-state index contributed by atoms with van der Waals surface area (Å²) in [5.74, 6) is 0.102. The number of rotatable bonds is 4. The molecule has 2 N–H and O–H groups in total. The molecule has 1 fully saturated rings. The number of halogens is 3. The number of hydrogen-bond acceptors (Lipinski definition) is 2. The largest absolute Gasteiger partial charge is 0.416 e. The number of benzene rings is 1. The fourth-order valence-corrected chi connectivity index (χ4v) is 2.78. The molecule has 1 saturated heterocycles. The molecule has 3 atom stereocenters. The van der Waals surface area contributed by atoms with E-state index in [1.54, 1.807) is 6.92 Å². The van der Waals surface area contributed by atoms with Crippen LogP contribution in [0.2, 0.25) is 0 Å². The maximum Gasteiger partial charge on any atom is 0.416 e. The van der Waals surface area contributed by atoms with E-state index in [-0.39, 0.29) is 17.9 Å². The molecule has 0 spiro atoms. The van der Waals surface area contributed by atoms with E-state index >= 15 is 0 Å². The summed E-state index contributed by atoms with van der Waals surface area (Å²) in [4.78, 5) is 12.3. The third-order valence-corrected chi connectivity index (χ3v) is 4.43. The van der Waals surface area contributed by atoms with Crippen molar-refractivity contribution in [2.75, 3.05) is 13.1 Å². The molecule has 23 heavy (non-hydrogen) atoms. The van der Waals surface area contributed by atoms with Gasteiger partial charge in [-0.15, -0.1) is 0 Å². The first-order valence-electron chi connectivity index (χ1n) is 7.94. The minimum Gasteiger partial charge on any atom is -0.352 e. The standard InChI is InChI=1S/C17H23F3N2O/c1-11-7-8-21-10-15(11)22-16(23)12(2)9-13-3-5-14(6-4-13)17(18,19)20/h3-6,11-12,15,21H,7-10H2,1-2H3,(H,22,23). The Kier molecular flexibility index (Phi) is 5.68. The molecule has 1 aromatic carbocycles. The number of hydrogen-bond donors (Lipinski definition) is 2. The summed E-state index contributed by atoms with van der Waals surface area (Å²) in [7, 11) is 0. The zero-order valence-electron chi connectivity index (χ0n) is 13.4. The lowest BCUT2D eigenvalue weighted by atomic mass is 9.93. The third kappa shape index (κ3) is 4.96. The van der Waals surface area contributed by atoms with Crippen LogP contribution in [0.3, 0.4) is 0 Å². The van der Waals surface area contributed by atoms with Gasteiger partial charge in [0.25, 0.3) is 0 Å². The van der Waals surface area contributed by atoms with Crippen LogP contribution in [-0.4, -0.2) is 25.0 Å². The zero-order valence-corrected chi connectivity index (χ0v) is 13.4. The van der Waals surface area contributed by atoms with Crippen LogP contribution in [0.25, 0.3) is 0 Å². The van der Waals surface area contributed by atoms with Gasteiger partial charge in [0.05, 0.1) is 5.56 Å². The van der Waals surface area contributed by atoms with Gasteiger partial charge in [-0.1, -0.05) is 26.0 Å². The van der Waals surface area contributed by atoms with Crippen molar-refractivity contribution in [3.8, 4) is 0 Å². The van der Waals surface area contributed by atoms with Crippen LogP contribution < -0.4 is 10.6 Å². The monoisotopic (exact) mass is 328 g/mol. The van der Waals surface area contributed by atoms with E-state index in [0.717, 1.165) is 37.2 Å². The normalized spacial score (nSPS) is 23.3. The van der Waals surface area contributed by atoms with E-state index in [2.05, 4.69) is 17.6 Å². The van der Waals surface area contributed by atoms with Crippen molar-refractivity contribution in [1.82, 2.24) is 10.6 Å². The van der Waals surface area contributed by atoms with Crippen LogP contribution in [0.15, 0.2) is 24.3 Å². The molecule has 0 radical (unpaired) electrons. The molecular formula is C17H23F3N2O. The lowest BCUT2D eigenvalue weighted by Gasteiger charge is -2.31. The molecule has 3 nitrogen and oxygen atoms in total. The second kappa shape index (κ2) is 7.34. The molecule has 1 aliphatic rings. The summed E-state index contributed by atoms with van der Waals surface area (Å²) in [6.07, 6.45) is -2.87. The first kappa shape index (κ1) is 17.8. The van der Waals surface area contributed by atoms with E-state index < -0.39 is 11.7 Å². The van der Waals surface area contributed by atoms with Gasteiger partial charge in [0.1, 0.15) is 0 Å². The molecule has 0 saturated carbocycles. The predicted octanol–water partition coefficient (Wildman–Crippen LogP) is 3.00. The van der Waals surface area contributed by atoms with Crippen molar-refractivity contribution in [1.29, 1.82) is 0 Å². The molecule has 0 bridgehead atoms. The van der Waals surface area contributed by atoms with E-state index in [9.17, 15) is 18.0 Å². The second-order valence-corrected chi connectivity index (χ2v) is 6.39. The van der Waals surface area contributed by atoms with Crippen molar-refractivity contribution in [2.45, 2.75) is 38.9 Å². The molecule has 1 amide bonds. The molecule has 128 valence electrons. The van der Waals surface area contributed by atoms with Crippen LogP contribution >= 0.6 is 0 Å². The summed E-state index contributed by atoms with van der Waals surface area (Å²) in [5.41, 5.74) is 0.0657. The van der Waals surface area contributed by atoms with Gasteiger partial charge in [-0.3, -0.25) is 4.79 Å². The van der Waals surface area contributed by atoms with Gasteiger partial charge < -0.3 is 10.6 Å². The minimum atomic E-state index is -4.33. The average molecular weight is 328 g/mol. The molecule has 1 aromatic rings. The number of piperidine rings is 1. The van der Waals surface area contributed by atoms with Crippen molar-refractivity contribution in [3.63, 3.8) is 0 Å². The summed E-state index contributed by atoms with van der Waals surface area (Å²) in [6.45, 7) is 5.65. The fourth-order valence-electron chi connectivity index (χ4n) is 2.78. The molecule has 0 aromatic heterocycles. The van der Waals surface area contributed by atoms with Gasteiger partial charge in [0, 0.05) is 18.5 Å². The Labute approximate surface area is 134 Å². The van der Waals surface area contributed by atoms with E-state index in [1.165, 1.54) is 12.1 Å². The highest BCUT2D eigenvalue weighted by Crippen LogP contribution is 2.29. The topological polar surface area (TPSA) is 41.1 Å². The lowest BCUT2D eigenvalue weighted by Crippen LogP contribution is -2.51. The molecule has 0 aliphatic carbocycles. The van der Waals surface area contributed by atoms with Crippen LogP contribution in [0, 0.1) is 11.8 Å². The van der Waals surface area contributed by atoms with Gasteiger partial charge in [-0.05, 0) is 43.0 Å². The van der Waals surface area contributed by atoms with E-state index in [0.29, 0.717) is 12.3 Å². The molecule has 1 heterocycles. The predicted molar refractivity (Wildman–Crippen MR) is 82.9 cm³/mol.